The normalized spacial score (nSPS) is 11.6. The van der Waals surface area contributed by atoms with Crippen molar-refractivity contribution in [3.8, 4) is 0 Å². The number of unbranched alkanes of at least 4 members (excludes halogenated alkanes) is 30. The van der Waals surface area contributed by atoms with Gasteiger partial charge < -0.3 is 14.7 Å². The quantitative estimate of drug-likeness (QED) is 0.0364. The molecule has 0 unspecified atom stereocenters. The van der Waals surface area contributed by atoms with Gasteiger partial charge in [-0.25, -0.2) is 4.57 Å². The summed E-state index contributed by atoms with van der Waals surface area (Å²) in [5, 5.41) is 2.87. The fourth-order valence-electron chi connectivity index (χ4n) is 5.49. The molecule has 0 fully saturated rings. The summed E-state index contributed by atoms with van der Waals surface area (Å²) in [6, 6.07) is 0. The zero-order chi connectivity index (χ0) is 31.2. The van der Waals surface area contributed by atoms with Gasteiger partial charge in [-0.05, 0) is 0 Å². The van der Waals surface area contributed by atoms with Gasteiger partial charge in [-0.15, -0.1) is 0 Å². The van der Waals surface area contributed by atoms with Crippen LogP contribution in [0, 0.1) is 0 Å². The molecule has 0 saturated carbocycles. The smallest absolute Gasteiger partial charge is 0.303 e. The minimum absolute atomic E-state index is 1.37. The molecule has 0 atom stereocenters. The molecule has 0 heterocycles. The first-order chi connectivity index (χ1) is 20.4. The zero-order valence-corrected chi connectivity index (χ0v) is 30.4. The Hall–Kier alpha value is 0.604. The van der Waals surface area contributed by atoms with Crippen LogP contribution in [-0.2, 0) is 19.0 Å². The summed E-state index contributed by atoms with van der Waals surface area (Å²) in [6.07, 6.45) is 47.2. The van der Waals surface area contributed by atoms with Crippen molar-refractivity contribution < 1.29 is 33.7 Å². The predicted molar refractivity (Wildman–Crippen MR) is 183 cm³/mol. The van der Waals surface area contributed by atoms with Crippen LogP contribution in [0.2, 0.25) is 10.8 Å². The monoisotopic (exact) mass is 662 g/mol. The van der Waals surface area contributed by atoms with Gasteiger partial charge in [0.05, 0.1) is 0 Å². The van der Waals surface area contributed by atoms with Gasteiger partial charge in [0.25, 0.3) is 0 Å². The molecule has 42 heavy (non-hydrogen) atoms. The fourth-order valence-corrected chi connectivity index (χ4v) is 6.73. The number of hydrogen-bond donors (Lipinski definition) is 3. The van der Waals surface area contributed by atoms with Gasteiger partial charge in [0.15, 0.2) is 0 Å². The van der Waals surface area contributed by atoms with Crippen molar-refractivity contribution in [3.05, 3.63) is 0 Å². The molecule has 4 nitrogen and oxygen atoms in total. The van der Waals surface area contributed by atoms with Crippen molar-refractivity contribution in [1.29, 1.82) is 0 Å². The molecule has 0 aliphatic rings. The van der Waals surface area contributed by atoms with E-state index >= 15 is 0 Å². The minimum Gasteiger partial charge on any atom is -0.303 e. The van der Waals surface area contributed by atoms with E-state index in [1.807, 2.05) is 14.4 Å². The maximum absolute atomic E-state index is 8.88. The van der Waals surface area contributed by atoms with Crippen LogP contribution in [0.1, 0.15) is 219 Å². The van der Waals surface area contributed by atoms with Gasteiger partial charge in [0, 0.05) is 0 Å². The van der Waals surface area contributed by atoms with Crippen LogP contribution in [0.5, 0.6) is 0 Å². The Kier molecular flexibility index (Phi) is 42.2. The third-order valence-electron chi connectivity index (χ3n) is 8.15. The SMILES string of the molecule is CCCCCCCCCCCCCCCCC[CH2][Ni][CH2]CCCCCCCCCCCCCCCCC.O=P(O)(O)O. The molecule has 0 radical (unpaired) electrons. The van der Waals surface area contributed by atoms with E-state index in [-0.39, 0.29) is 0 Å². The Morgan fingerprint density at radius 3 is 0.643 bits per heavy atom. The second kappa shape index (κ2) is 39.6. The number of phosphoric acid groups is 1. The Bertz CT molecular complexity index is 472. The maximum atomic E-state index is 8.88. The predicted octanol–water partition coefficient (Wildman–Crippen LogP) is 13.5. The molecule has 0 aromatic carbocycles. The molecular weight excluding hydrogens is 586 g/mol. The van der Waals surface area contributed by atoms with Gasteiger partial charge >= 0.3 is 174 Å². The summed E-state index contributed by atoms with van der Waals surface area (Å²) in [7, 11) is -4.64. The second-order valence-corrected chi connectivity index (χ2v) is 15.1. The Labute approximate surface area is 270 Å². The third-order valence-corrected chi connectivity index (χ3v) is 9.55. The summed E-state index contributed by atoms with van der Waals surface area (Å²) in [5.74, 6) is 0. The van der Waals surface area contributed by atoms with E-state index < -0.39 is 7.82 Å². The van der Waals surface area contributed by atoms with E-state index in [1.54, 1.807) is 0 Å². The van der Waals surface area contributed by atoms with Crippen molar-refractivity contribution >= 4 is 7.82 Å². The van der Waals surface area contributed by atoms with E-state index in [1.165, 1.54) is 216 Å². The van der Waals surface area contributed by atoms with Crippen LogP contribution in [0.3, 0.4) is 0 Å². The molecule has 3 N–H and O–H groups in total. The molecule has 0 aliphatic heterocycles. The molecule has 0 aliphatic carbocycles. The van der Waals surface area contributed by atoms with E-state index in [0.717, 1.165) is 0 Å². The molecule has 0 aromatic heterocycles. The summed E-state index contributed by atoms with van der Waals surface area (Å²) in [5.41, 5.74) is 0. The zero-order valence-electron chi connectivity index (χ0n) is 28.6. The van der Waals surface area contributed by atoms with Crippen LogP contribution >= 0.6 is 7.82 Å². The molecule has 0 bridgehead atoms. The minimum atomic E-state index is -4.64. The summed E-state index contributed by atoms with van der Waals surface area (Å²) in [6.45, 7) is 4.62. The number of rotatable bonds is 34. The van der Waals surface area contributed by atoms with Crippen molar-refractivity contribution in [2.45, 2.75) is 230 Å². The molecular formula is C36H77NiO4P. The van der Waals surface area contributed by atoms with Crippen molar-refractivity contribution in [2.24, 2.45) is 0 Å². The Morgan fingerprint density at radius 1 is 0.333 bits per heavy atom. The van der Waals surface area contributed by atoms with Crippen LogP contribution in [0.4, 0.5) is 0 Å². The molecule has 6 heteroatoms. The standard InChI is InChI=1S/2C18H37.Ni.H3O4P/c2*1-3-5-7-9-11-13-15-17-18-16-14-12-10-8-6-4-2;;1-5(2,3)4/h2*1,3-18H2,2H3;;(H3,1,2,3,4). The molecule has 0 saturated heterocycles. The molecule has 0 rings (SSSR count). The van der Waals surface area contributed by atoms with Crippen LogP contribution in [-0.4, -0.2) is 14.7 Å². The molecule has 0 spiro atoms. The fraction of sp³-hybridized carbons (Fsp3) is 1.00. The average Bonchev–Trinajstić information content (AvgIpc) is 2.94. The van der Waals surface area contributed by atoms with E-state index in [0.29, 0.717) is 0 Å². The van der Waals surface area contributed by atoms with Crippen molar-refractivity contribution in [1.82, 2.24) is 0 Å². The topological polar surface area (TPSA) is 77.8 Å². The summed E-state index contributed by atoms with van der Waals surface area (Å²) < 4.78 is 8.88. The van der Waals surface area contributed by atoms with Gasteiger partial charge in [-0.2, -0.15) is 0 Å². The van der Waals surface area contributed by atoms with Gasteiger partial charge in [0.1, 0.15) is 0 Å². The first kappa shape index (κ1) is 44.7. The number of hydrogen-bond acceptors (Lipinski definition) is 1. The summed E-state index contributed by atoms with van der Waals surface area (Å²) in [4.78, 5) is 21.6. The van der Waals surface area contributed by atoms with Gasteiger partial charge in [-0.1, -0.05) is 78.1 Å². The van der Waals surface area contributed by atoms with Crippen molar-refractivity contribution in [3.63, 3.8) is 0 Å². The van der Waals surface area contributed by atoms with E-state index in [9.17, 15) is 0 Å². The first-order valence-electron chi connectivity index (χ1n) is 18.6. The van der Waals surface area contributed by atoms with Crippen LogP contribution in [0.25, 0.3) is 0 Å². The Morgan fingerprint density at radius 2 is 0.476 bits per heavy atom. The average molecular weight is 664 g/mol. The van der Waals surface area contributed by atoms with Crippen molar-refractivity contribution in [2.75, 3.05) is 0 Å². The van der Waals surface area contributed by atoms with E-state index in [2.05, 4.69) is 13.8 Å². The second-order valence-electron chi connectivity index (χ2n) is 12.6. The molecule has 260 valence electrons. The molecule has 0 amide bonds. The van der Waals surface area contributed by atoms with E-state index in [4.69, 9.17) is 19.2 Å². The third kappa shape index (κ3) is 53.2. The summed E-state index contributed by atoms with van der Waals surface area (Å²) >= 11 is 2.04. The van der Waals surface area contributed by atoms with Gasteiger partial charge in [0.2, 0.25) is 0 Å². The van der Waals surface area contributed by atoms with Gasteiger partial charge in [-0.3, -0.25) is 0 Å². The Balaban J connectivity index is 0. The van der Waals surface area contributed by atoms with Crippen LogP contribution < -0.4 is 0 Å². The van der Waals surface area contributed by atoms with Crippen LogP contribution in [0.15, 0.2) is 0 Å². The molecule has 0 aromatic rings. The first-order valence-corrected chi connectivity index (χ1v) is 21.6.